The fraction of sp³-hybridized carbons (Fsp3) is 0.261. The molecule has 31 heavy (non-hydrogen) atoms. The largest absolute Gasteiger partial charge is 0.497 e. The lowest BCUT2D eigenvalue weighted by atomic mass is 9.90. The van der Waals surface area contributed by atoms with E-state index in [1.54, 1.807) is 25.4 Å². The van der Waals surface area contributed by atoms with Crippen LogP contribution < -0.4 is 15.4 Å². The Morgan fingerprint density at radius 2 is 1.94 bits per heavy atom. The molecule has 1 aliphatic heterocycles. The minimum absolute atomic E-state index is 0.310. The number of carbonyl (C=O) groups excluding carboxylic acids is 3. The van der Waals surface area contributed by atoms with Gasteiger partial charge in [0.25, 0.3) is 5.91 Å². The summed E-state index contributed by atoms with van der Waals surface area (Å²) < 4.78 is 5.25. The van der Waals surface area contributed by atoms with E-state index in [1.807, 2.05) is 53.9 Å². The van der Waals surface area contributed by atoms with Gasteiger partial charge in [0, 0.05) is 11.4 Å². The van der Waals surface area contributed by atoms with Crippen LogP contribution in [0.25, 0.3) is 10.8 Å². The van der Waals surface area contributed by atoms with Crippen LogP contribution >= 0.6 is 11.3 Å². The number of hydrogen-bond acceptors (Lipinski definition) is 5. The number of benzene rings is 2. The Bertz CT molecular complexity index is 1140. The van der Waals surface area contributed by atoms with Crippen LogP contribution in [0.3, 0.4) is 0 Å². The first kappa shape index (κ1) is 20.9. The molecule has 2 N–H and O–H groups in total. The number of hydrogen-bond donors (Lipinski definition) is 2. The van der Waals surface area contributed by atoms with Gasteiger partial charge in [0.1, 0.15) is 17.8 Å². The molecule has 0 saturated carbocycles. The Morgan fingerprint density at radius 3 is 2.68 bits per heavy atom. The molecule has 3 aromatic rings. The van der Waals surface area contributed by atoms with Gasteiger partial charge >= 0.3 is 6.03 Å². The lowest BCUT2D eigenvalue weighted by Crippen LogP contribution is -2.43. The smallest absolute Gasteiger partial charge is 0.325 e. The molecular weight excluding hydrogens is 414 g/mol. The molecule has 0 aliphatic carbocycles. The number of ether oxygens (including phenoxy) is 1. The summed E-state index contributed by atoms with van der Waals surface area (Å²) in [6.45, 7) is 1.80. The monoisotopic (exact) mass is 437 g/mol. The second kappa shape index (κ2) is 8.39. The molecule has 2 aromatic carbocycles. The molecule has 1 aliphatic rings. The molecule has 0 bridgehead atoms. The molecule has 1 saturated heterocycles. The zero-order valence-corrected chi connectivity index (χ0v) is 18.1. The van der Waals surface area contributed by atoms with Gasteiger partial charge in [-0.25, -0.2) is 4.79 Å². The SMILES string of the molecule is COc1ccc2cc([C@]3(C)NC(=O)N(CC(=O)NCCc4cccs4)C3=O)ccc2c1. The van der Waals surface area contributed by atoms with E-state index in [4.69, 9.17) is 4.74 Å². The van der Waals surface area contributed by atoms with Crippen molar-refractivity contribution in [3.05, 3.63) is 64.4 Å². The van der Waals surface area contributed by atoms with Gasteiger partial charge in [-0.15, -0.1) is 11.3 Å². The van der Waals surface area contributed by atoms with Gasteiger partial charge in [0.2, 0.25) is 5.91 Å². The highest BCUT2D eigenvalue weighted by molar-refractivity contribution is 7.09. The van der Waals surface area contributed by atoms with Gasteiger partial charge in [0.15, 0.2) is 0 Å². The van der Waals surface area contributed by atoms with E-state index in [0.717, 1.165) is 26.3 Å². The average Bonchev–Trinajstić information content (AvgIpc) is 3.36. The molecule has 0 radical (unpaired) electrons. The average molecular weight is 438 g/mol. The maximum Gasteiger partial charge on any atom is 0.325 e. The fourth-order valence-corrected chi connectivity index (χ4v) is 4.39. The summed E-state index contributed by atoms with van der Waals surface area (Å²) >= 11 is 1.62. The van der Waals surface area contributed by atoms with E-state index >= 15 is 0 Å². The maximum atomic E-state index is 13.1. The first-order valence-corrected chi connectivity index (χ1v) is 10.8. The van der Waals surface area contributed by atoms with E-state index in [1.165, 1.54) is 0 Å². The number of fused-ring (bicyclic) bond motifs is 1. The highest BCUT2D eigenvalue weighted by Gasteiger charge is 2.49. The Morgan fingerprint density at radius 1 is 1.16 bits per heavy atom. The molecule has 7 nitrogen and oxygen atoms in total. The molecule has 2 heterocycles. The lowest BCUT2D eigenvalue weighted by molar-refractivity contribution is -0.134. The number of nitrogens with zero attached hydrogens (tertiary/aromatic N) is 1. The van der Waals surface area contributed by atoms with Crippen LogP contribution in [-0.2, 0) is 21.5 Å². The van der Waals surface area contributed by atoms with Gasteiger partial charge in [0.05, 0.1) is 7.11 Å². The third-order valence-corrected chi connectivity index (χ3v) is 6.41. The quantitative estimate of drug-likeness (QED) is 0.556. The van der Waals surface area contributed by atoms with Gasteiger partial charge in [-0.1, -0.05) is 24.3 Å². The molecule has 4 rings (SSSR count). The lowest BCUT2D eigenvalue weighted by Gasteiger charge is -2.22. The number of carbonyl (C=O) groups is 3. The zero-order chi connectivity index (χ0) is 22.0. The van der Waals surface area contributed by atoms with Gasteiger partial charge in [-0.05, 0) is 59.3 Å². The number of urea groups is 1. The zero-order valence-electron chi connectivity index (χ0n) is 17.3. The molecule has 160 valence electrons. The van der Waals surface area contributed by atoms with Gasteiger partial charge in [-0.3, -0.25) is 14.5 Å². The maximum absolute atomic E-state index is 13.1. The molecule has 1 atom stereocenters. The van der Waals surface area contributed by atoms with Crippen molar-refractivity contribution in [2.45, 2.75) is 18.9 Å². The van der Waals surface area contributed by atoms with E-state index < -0.39 is 17.5 Å². The van der Waals surface area contributed by atoms with Crippen molar-refractivity contribution in [1.29, 1.82) is 0 Å². The standard InChI is InChI=1S/C23H23N3O4S/c1-23(17-7-5-16-13-18(30-2)8-6-15(16)12-17)21(28)26(22(29)25-23)14-20(27)24-10-9-19-4-3-11-31-19/h3-8,11-13H,9-10,14H2,1-2H3,(H,24,27)(H,25,29)/t23-/m0/s1. The molecular formula is C23H23N3O4S. The summed E-state index contributed by atoms with van der Waals surface area (Å²) in [5.74, 6) is -0.0679. The van der Waals surface area contributed by atoms with Crippen LogP contribution in [0, 0.1) is 0 Å². The van der Waals surface area contributed by atoms with E-state index in [9.17, 15) is 14.4 Å². The van der Waals surface area contributed by atoms with Crippen molar-refractivity contribution in [3.8, 4) is 5.75 Å². The van der Waals surface area contributed by atoms with Crippen LogP contribution in [0.15, 0.2) is 53.9 Å². The number of thiophene rings is 1. The van der Waals surface area contributed by atoms with Crippen LogP contribution in [0.4, 0.5) is 4.79 Å². The second-order valence-corrected chi connectivity index (χ2v) is 8.59. The van der Waals surface area contributed by atoms with Crippen LogP contribution in [0.5, 0.6) is 5.75 Å². The third-order valence-electron chi connectivity index (χ3n) is 5.48. The summed E-state index contributed by atoms with van der Waals surface area (Å²) in [5, 5.41) is 9.39. The highest BCUT2D eigenvalue weighted by atomic mass is 32.1. The minimum atomic E-state index is -1.23. The molecule has 0 spiro atoms. The fourth-order valence-electron chi connectivity index (χ4n) is 3.68. The summed E-state index contributed by atoms with van der Waals surface area (Å²) in [4.78, 5) is 40.1. The number of nitrogens with one attached hydrogen (secondary N) is 2. The number of rotatable bonds is 7. The Kier molecular flexibility index (Phi) is 5.65. The molecule has 0 unspecified atom stereocenters. The normalized spacial score (nSPS) is 18.3. The van der Waals surface area contributed by atoms with Crippen molar-refractivity contribution >= 4 is 40.0 Å². The highest BCUT2D eigenvalue weighted by Crippen LogP contribution is 2.31. The van der Waals surface area contributed by atoms with Gasteiger partial charge < -0.3 is 15.4 Å². The van der Waals surface area contributed by atoms with Crippen molar-refractivity contribution in [2.75, 3.05) is 20.2 Å². The second-order valence-electron chi connectivity index (χ2n) is 7.55. The number of methoxy groups -OCH3 is 1. The molecule has 4 amide bonds. The summed E-state index contributed by atoms with van der Waals surface area (Å²) in [7, 11) is 1.61. The molecule has 8 heteroatoms. The summed E-state index contributed by atoms with van der Waals surface area (Å²) in [6.07, 6.45) is 0.711. The Labute approximate surface area is 184 Å². The molecule has 1 aromatic heterocycles. The van der Waals surface area contributed by atoms with Crippen molar-refractivity contribution in [3.63, 3.8) is 0 Å². The summed E-state index contributed by atoms with van der Waals surface area (Å²) in [5.41, 5.74) is -0.577. The topological polar surface area (TPSA) is 87.7 Å². The van der Waals surface area contributed by atoms with Crippen LogP contribution in [-0.4, -0.2) is 42.9 Å². The van der Waals surface area contributed by atoms with Crippen LogP contribution in [0.2, 0.25) is 0 Å². The minimum Gasteiger partial charge on any atom is -0.497 e. The Balaban J connectivity index is 1.46. The number of amides is 4. The van der Waals surface area contributed by atoms with E-state index in [-0.39, 0.29) is 12.5 Å². The number of imide groups is 1. The van der Waals surface area contributed by atoms with E-state index in [0.29, 0.717) is 18.5 Å². The third kappa shape index (κ3) is 4.11. The van der Waals surface area contributed by atoms with Crippen LogP contribution in [0.1, 0.15) is 17.4 Å². The summed E-state index contributed by atoms with van der Waals surface area (Å²) in [6, 6.07) is 14.6. The predicted molar refractivity (Wildman–Crippen MR) is 119 cm³/mol. The Hall–Kier alpha value is -3.39. The first-order valence-electron chi connectivity index (χ1n) is 9.92. The van der Waals surface area contributed by atoms with Gasteiger partial charge in [-0.2, -0.15) is 0 Å². The van der Waals surface area contributed by atoms with Crippen molar-refractivity contribution in [1.82, 2.24) is 15.5 Å². The van der Waals surface area contributed by atoms with Crippen molar-refractivity contribution < 1.29 is 19.1 Å². The van der Waals surface area contributed by atoms with E-state index in [2.05, 4.69) is 10.6 Å². The predicted octanol–water partition coefficient (Wildman–Crippen LogP) is 3.04. The van der Waals surface area contributed by atoms with Crippen molar-refractivity contribution in [2.24, 2.45) is 0 Å². The molecule has 1 fully saturated rings. The first-order chi connectivity index (χ1) is 14.9.